The Balaban J connectivity index is 1.39. The van der Waals surface area contributed by atoms with E-state index < -0.39 is 0 Å². The van der Waals surface area contributed by atoms with Gasteiger partial charge in [-0.2, -0.15) is 0 Å². The zero-order chi connectivity index (χ0) is 23.1. The molecule has 3 fully saturated rings. The third kappa shape index (κ3) is 3.98. The van der Waals surface area contributed by atoms with Crippen LogP contribution in [0.5, 0.6) is 0 Å². The van der Waals surface area contributed by atoms with Crippen molar-refractivity contribution in [2.45, 2.75) is 70.1 Å². The highest BCUT2D eigenvalue weighted by atomic mass is 16.2. The summed E-state index contributed by atoms with van der Waals surface area (Å²) in [6, 6.07) is 17.3. The summed E-state index contributed by atoms with van der Waals surface area (Å²) in [7, 11) is 0. The van der Waals surface area contributed by atoms with Gasteiger partial charge < -0.3 is 10.2 Å². The van der Waals surface area contributed by atoms with Crippen molar-refractivity contribution in [3.05, 3.63) is 70.8 Å². The van der Waals surface area contributed by atoms with E-state index in [0.29, 0.717) is 24.8 Å². The number of hydrogen-bond acceptors (Lipinski definition) is 2. The molecule has 174 valence electrons. The Morgan fingerprint density at radius 1 is 0.939 bits per heavy atom. The molecule has 2 aromatic carbocycles. The van der Waals surface area contributed by atoms with E-state index >= 15 is 0 Å². The van der Waals surface area contributed by atoms with Gasteiger partial charge in [0, 0.05) is 32.0 Å². The average molecular weight is 445 g/mol. The first-order valence-corrected chi connectivity index (χ1v) is 12.6. The van der Waals surface area contributed by atoms with E-state index in [4.69, 9.17) is 0 Å². The normalized spacial score (nSPS) is 24.0. The first-order valence-electron chi connectivity index (χ1n) is 12.6. The lowest BCUT2D eigenvalue weighted by Gasteiger charge is -2.50. The van der Waals surface area contributed by atoms with Crippen molar-refractivity contribution in [1.29, 1.82) is 0 Å². The lowest BCUT2D eigenvalue weighted by Crippen LogP contribution is -2.55. The van der Waals surface area contributed by atoms with Crippen LogP contribution in [0.3, 0.4) is 0 Å². The van der Waals surface area contributed by atoms with Crippen LogP contribution in [0.25, 0.3) is 0 Å². The monoisotopic (exact) mass is 444 g/mol. The first-order chi connectivity index (χ1) is 15.9. The Hall–Kier alpha value is -2.62. The minimum atomic E-state index is -0.371. The minimum Gasteiger partial charge on any atom is -0.355 e. The fraction of sp³-hybridized carbons (Fsp3) is 0.517. The van der Waals surface area contributed by atoms with Crippen molar-refractivity contribution in [1.82, 2.24) is 10.2 Å². The van der Waals surface area contributed by atoms with Crippen LogP contribution in [-0.4, -0.2) is 36.3 Å². The highest BCUT2D eigenvalue weighted by Crippen LogP contribution is 2.50. The fourth-order valence-corrected chi connectivity index (χ4v) is 6.93. The molecule has 2 saturated heterocycles. The summed E-state index contributed by atoms with van der Waals surface area (Å²) in [6.07, 6.45) is 6.50. The van der Waals surface area contributed by atoms with Crippen LogP contribution in [0.4, 0.5) is 0 Å². The van der Waals surface area contributed by atoms with Gasteiger partial charge in [-0.05, 0) is 56.1 Å². The Bertz CT molecular complexity index is 1010. The molecule has 1 atom stereocenters. The molecular weight excluding hydrogens is 408 g/mol. The molecule has 5 rings (SSSR count). The molecule has 1 N–H and O–H groups in total. The van der Waals surface area contributed by atoms with Gasteiger partial charge in [-0.1, -0.05) is 72.5 Å². The predicted octanol–water partition coefficient (Wildman–Crippen LogP) is 5.03. The number of benzene rings is 2. The van der Waals surface area contributed by atoms with Crippen LogP contribution in [0.2, 0.25) is 0 Å². The average Bonchev–Trinajstić information content (AvgIpc) is 3.30. The zero-order valence-electron chi connectivity index (χ0n) is 20.0. The Labute approximate surface area is 197 Å². The van der Waals surface area contributed by atoms with Crippen molar-refractivity contribution in [3.8, 4) is 0 Å². The molecule has 3 aliphatic rings. The highest BCUT2D eigenvalue weighted by Gasteiger charge is 2.50. The summed E-state index contributed by atoms with van der Waals surface area (Å²) in [4.78, 5) is 28.7. The fourth-order valence-electron chi connectivity index (χ4n) is 6.93. The molecule has 2 heterocycles. The summed E-state index contributed by atoms with van der Waals surface area (Å²) in [5.74, 6) is 0.786. The largest absolute Gasteiger partial charge is 0.355 e. The molecule has 4 nitrogen and oxygen atoms in total. The highest BCUT2D eigenvalue weighted by molar-refractivity contribution is 5.89. The number of carbonyl (C=O) groups excluding carboxylic acids is 2. The smallest absolute Gasteiger partial charge is 0.233 e. The number of likely N-dealkylation sites (tertiary alicyclic amines) is 1. The summed E-state index contributed by atoms with van der Waals surface area (Å²) < 4.78 is 0. The standard InChI is InChI=1S/C29H36N2O2/c1-21-16-22(2)18-24(17-21)29(10-6-7-11-29)27(33)31-14-12-28(13-15-31)19-26(32)30-20-25(28)23-8-4-3-5-9-23/h3-5,8-9,16-18,25H,6-7,10-15,19-20H2,1-2H3,(H,30,32). The molecule has 2 aromatic rings. The molecule has 1 aliphatic carbocycles. The minimum absolute atomic E-state index is 0.0524. The summed E-state index contributed by atoms with van der Waals surface area (Å²) in [5, 5.41) is 3.10. The van der Waals surface area contributed by atoms with Gasteiger partial charge >= 0.3 is 0 Å². The van der Waals surface area contributed by atoms with Gasteiger partial charge in [0.1, 0.15) is 0 Å². The molecule has 0 bridgehead atoms. The zero-order valence-corrected chi connectivity index (χ0v) is 20.0. The quantitative estimate of drug-likeness (QED) is 0.722. The number of nitrogens with zero attached hydrogens (tertiary/aromatic N) is 1. The SMILES string of the molecule is Cc1cc(C)cc(C2(C(=O)N3CCC4(CC3)CC(=O)NCC4c3ccccc3)CCCC2)c1. The molecule has 1 unspecified atom stereocenters. The number of carbonyl (C=O) groups is 2. The molecule has 1 spiro atoms. The van der Waals surface area contributed by atoms with Gasteiger partial charge in [0.05, 0.1) is 5.41 Å². The van der Waals surface area contributed by atoms with Crippen molar-refractivity contribution in [2.24, 2.45) is 5.41 Å². The van der Waals surface area contributed by atoms with Crippen molar-refractivity contribution < 1.29 is 9.59 Å². The van der Waals surface area contributed by atoms with Gasteiger partial charge in [-0.25, -0.2) is 0 Å². The van der Waals surface area contributed by atoms with Crippen LogP contribution in [-0.2, 0) is 15.0 Å². The van der Waals surface area contributed by atoms with E-state index in [0.717, 1.165) is 51.6 Å². The maximum atomic E-state index is 14.1. The number of rotatable bonds is 3. The van der Waals surface area contributed by atoms with Gasteiger partial charge in [0.25, 0.3) is 0 Å². The molecule has 0 radical (unpaired) electrons. The van der Waals surface area contributed by atoms with Crippen molar-refractivity contribution in [2.75, 3.05) is 19.6 Å². The van der Waals surface area contributed by atoms with E-state index in [1.807, 2.05) is 6.07 Å². The lowest BCUT2D eigenvalue weighted by atomic mass is 9.62. The van der Waals surface area contributed by atoms with Gasteiger partial charge in [-0.3, -0.25) is 9.59 Å². The van der Waals surface area contributed by atoms with E-state index in [1.54, 1.807) is 0 Å². The molecule has 4 heteroatoms. The molecule has 2 amide bonds. The van der Waals surface area contributed by atoms with Gasteiger partial charge in [-0.15, -0.1) is 0 Å². The summed E-state index contributed by atoms with van der Waals surface area (Å²) in [6.45, 7) is 6.46. The third-order valence-corrected chi connectivity index (χ3v) is 8.64. The second-order valence-electron chi connectivity index (χ2n) is 10.8. The maximum Gasteiger partial charge on any atom is 0.233 e. The molecule has 33 heavy (non-hydrogen) atoms. The van der Waals surface area contributed by atoms with Crippen molar-refractivity contribution >= 4 is 11.8 Å². The molecule has 1 saturated carbocycles. The number of amides is 2. The van der Waals surface area contributed by atoms with Crippen molar-refractivity contribution in [3.63, 3.8) is 0 Å². The Morgan fingerprint density at radius 3 is 2.21 bits per heavy atom. The van der Waals surface area contributed by atoms with E-state index in [1.165, 1.54) is 22.3 Å². The molecular formula is C29H36N2O2. The second kappa shape index (κ2) is 8.62. The number of nitrogens with one attached hydrogen (secondary N) is 1. The Kier molecular flexibility index (Phi) is 5.80. The molecule has 2 aliphatic heterocycles. The number of aryl methyl sites for hydroxylation is 2. The number of piperidine rings is 2. The first kappa shape index (κ1) is 22.2. The molecule has 0 aromatic heterocycles. The third-order valence-electron chi connectivity index (χ3n) is 8.64. The maximum absolute atomic E-state index is 14.1. The topological polar surface area (TPSA) is 49.4 Å². The Morgan fingerprint density at radius 2 is 1.58 bits per heavy atom. The van der Waals surface area contributed by atoms with Crippen LogP contribution >= 0.6 is 0 Å². The van der Waals surface area contributed by atoms with Crippen LogP contribution in [0.1, 0.15) is 73.1 Å². The van der Waals surface area contributed by atoms with Crippen LogP contribution in [0.15, 0.2) is 48.5 Å². The van der Waals surface area contributed by atoms with Gasteiger partial charge in [0.15, 0.2) is 0 Å². The van der Waals surface area contributed by atoms with E-state index in [-0.39, 0.29) is 16.7 Å². The summed E-state index contributed by atoms with van der Waals surface area (Å²) in [5.41, 5.74) is 4.57. The lowest BCUT2D eigenvalue weighted by molar-refractivity contribution is -0.141. The predicted molar refractivity (Wildman–Crippen MR) is 131 cm³/mol. The van der Waals surface area contributed by atoms with Crippen LogP contribution in [0, 0.1) is 19.3 Å². The van der Waals surface area contributed by atoms with E-state index in [2.05, 4.69) is 66.5 Å². The second-order valence-corrected chi connectivity index (χ2v) is 10.8. The van der Waals surface area contributed by atoms with Crippen LogP contribution < -0.4 is 5.32 Å². The number of hydrogen-bond donors (Lipinski definition) is 1. The summed E-state index contributed by atoms with van der Waals surface area (Å²) >= 11 is 0. The van der Waals surface area contributed by atoms with Gasteiger partial charge in [0.2, 0.25) is 11.8 Å². The van der Waals surface area contributed by atoms with E-state index in [9.17, 15) is 9.59 Å².